The number of anilines is 1. The van der Waals surface area contributed by atoms with Crippen LogP contribution in [0, 0.1) is 12.7 Å². The maximum atomic E-state index is 14.5. The third kappa shape index (κ3) is 9.09. The van der Waals surface area contributed by atoms with Crippen LogP contribution in [0.5, 0.6) is 0 Å². The highest BCUT2D eigenvalue weighted by atomic mass is 35.5. The van der Waals surface area contributed by atoms with Crippen molar-refractivity contribution >= 4 is 50.7 Å². The van der Waals surface area contributed by atoms with E-state index in [9.17, 15) is 22.4 Å². The molecule has 7 nitrogen and oxygen atoms in total. The van der Waals surface area contributed by atoms with Crippen LogP contribution in [-0.2, 0) is 32.6 Å². The molecule has 1 N–H and O–H groups in total. The fourth-order valence-corrected chi connectivity index (χ4v) is 6.68. The van der Waals surface area contributed by atoms with Crippen LogP contribution in [0.3, 0.4) is 0 Å². The molecule has 0 spiro atoms. The Morgan fingerprint density at radius 2 is 1.50 bits per heavy atom. The average molecular weight is 685 g/mol. The van der Waals surface area contributed by atoms with Crippen molar-refractivity contribution in [3.8, 4) is 0 Å². The van der Waals surface area contributed by atoms with Gasteiger partial charge in [0.1, 0.15) is 18.4 Å². The number of nitrogens with zero attached hydrogens (tertiary/aromatic N) is 2. The number of nitrogens with one attached hydrogen (secondary N) is 1. The standard InChI is InChI=1S/C35H36Cl2FN3O4S/c1-24-10-17-29(18-11-24)46(44,45)41(31-21-27(36)14-19-30(31)37)23-33(42)40(22-26-12-15-28(38)16-13-26)32(34(43)39-35(2,3)4)20-25-8-6-5-7-9-25/h5-19,21,32H,20,22-23H2,1-4H3,(H,39,43)/t32-/m1/s1. The summed E-state index contributed by atoms with van der Waals surface area (Å²) in [5, 5.41) is 3.24. The molecule has 4 aromatic carbocycles. The van der Waals surface area contributed by atoms with E-state index in [1.807, 2.05) is 58.0 Å². The molecule has 46 heavy (non-hydrogen) atoms. The first-order valence-electron chi connectivity index (χ1n) is 14.6. The van der Waals surface area contributed by atoms with Gasteiger partial charge in [-0.15, -0.1) is 0 Å². The summed E-state index contributed by atoms with van der Waals surface area (Å²) in [6.07, 6.45) is 0.137. The largest absolute Gasteiger partial charge is 0.350 e. The Kier molecular flexibility index (Phi) is 11.1. The van der Waals surface area contributed by atoms with Crippen molar-refractivity contribution in [2.75, 3.05) is 10.8 Å². The topological polar surface area (TPSA) is 86.8 Å². The summed E-state index contributed by atoms with van der Waals surface area (Å²) in [6, 6.07) is 24.3. The Hall–Kier alpha value is -3.92. The second-order valence-electron chi connectivity index (χ2n) is 12.0. The molecule has 0 bridgehead atoms. The van der Waals surface area contributed by atoms with Gasteiger partial charge in [0.15, 0.2) is 0 Å². The van der Waals surface area contributed by atoms with Crippen LogP contribution in [0.2, 0.25) is 10.0 Å². The number of carbonyl (C=O) groups is 2. The molecule has 242 valence electrons. The smallest absolute Gasteiger partial charge is 0.264 e. The fourth-order valence-electron chi connectivity index (χ4n) is 4.82. The van der Waals surface area contributed by atoms with E-state index in [-0.39, 0.29) is 33.6 Å². The highest BCUT2D eigenvalue weighted by Gasteiger charge is 2.36. The van der Waals surface area contributed by atoms with Crippen LogP contribution >= 0.6 is 23.2 Å². The zero-order valence-electron chi connectivity index (χ0n) is 26.0. The van der Waals surface area contributed by atoms with E-state index in [1.54, 1.807) is 12.1 Å². The van der Waals surface area contributed by atoms with Gasteiger partial charge in [0, 0.05) is 23.5 Å². The monoisotopic (exact) mass is 683 g/mol. The fraction of sp³-hybridized carbons (Fsp3) is 0.257. The number of carbonyl (C=O) groups excluding carboxylic acids is 2. The Labute approximate surface area is 280 Å². The Bertz CT molecular complexity index is 1780. The molecule has 1 atom stereocenters. The third-order valence-electron chi connectivity index (χ3n) is 7.10. The SMILES string of the molecule is Cc1ccc(S(=O)(=O)N(CC(=O)N(Cc2ccc(F)cc2)[C@H](Cc2ccccc2)C(=O)NC(C)(C)C)c2cc(Cl)ccc2Cl)cc1. The number of aryl methyl sites for hydroxylation is 1. The van der Waals surface area contributed by atoms with E-state index >= 15 is 0 Å². The van der Waals surface area contributed by atoms with Crippen LogP contribution in [-0.4, -0.2) is 43.3 Å². The number of hydrogen-bond donors (Lipinski definition) is 1. The molecule has 0 saturated carbocycles. The lowest BCUT2D eigenvalue weighted by molar-refractivity contribution is -0.140. The molecule has 11 heteroatoms. The maximum Gasteiger partial charge on any atom is 0.264 e. The van der Waals surface area contributed by atoms with Gasteiger partial charge in [-0.2, -0.15) is 0 Å². The van der Waals surface area contributed by atoms with Crippen molar-refractivity contribution in [2.45, 2.75) is 57.1 Å². The lowest BCUT2D eigenvalue weighted by Gasteiger charge is -2.35. The van der Waals surface area contributed by atoms with Crippen molar-refractivity contribution in [3.05, 3.63) is 130 Å². The van der Waals surface area contributed by atoms with E-state index in [4.69, 9.17) is 23.2 Å². The maximum absolute atomic E-state index is 14.5. The van der Waals surface area contributed by atoms with E-state index in [1.165, 1.54) is 59.5 Å². The highest BCUT2D eigenvalue weighted by Crippen LogP contribution is 2.33. The normalized spacial score (nSPS) is 12.3. The van der Waals surface area contributed by atoms with Crippen LogP contribution in [0.15, 0.2) is 102 Å². The summed E-state index contributed by atoms with van der Waals surface area (Å²) < 4.78 is 43.1. The van der Waals surface area contributed by atoms with E-state index in [2.05, 4.69) is 5.32 Å². The first-order valence-corrected chi connectivity index (χ1v) is 16.8. The minimum atomic E-state index is -4.36. The van der Waals surface area contributed by atoms with Crippen LogP contribution in [0.1, 0.15) is 37.5 Å². The Morgan fingerprint density at radius 3 is 2.11 bits per heavy atom. The van der Waals surface area contributed by atoms with Gasteiger partial charge < -0.3 is 10.2 Å². The van der Waals surface area contributed by atoms with Crippen molar-refractivity contribution in [1.82, 2.24) is 10.2 Å². The molecule has 0 aliphatic carbocycles. The summed E-state index contributed by atoms with van der Waals surface area (Å²) in [4.78, 5) is 29.7. The average Bonchev–Trinajstić information content (AvgIpc) is 2.99. The van der Waals surface area contributed by atoms with Gasteiger partial charge >= 0.3 is 0 Å². The van der Waals surface area contributed by atoms with Crippen molar-refractivity contribution in [2.24, 2.45) is 0 Å². The van der Waals surface area contributed by atoms with E-state index in [0.29, 0.717) is 5.56 Å². The minimum Gasteiger partial charge on any atom is -0.350 e. The molecule has 0 heterocycles. The van der Waals surface area contributed by atoms with Crippen molar-refractivity contribution < 1.29 is 22.4 Å². The van der Waals surface area contributed by atoms with Gasteiger partial charge in [0.2, 0.25) is 11.8 Å². The molecular formula is C35H36Cl2FN3O4S. The number of rotatable bonds is 11. The van der Waals surface area contributed by atoms with Gasteiger partial charge in [0.05, 0.1) is 15.6 Å². The molecule has 0 aliphatic rings. The summed E-state index contributed by atoms with van der Waals surface area (Å²) in [6.45, 7) is 6.50. The Balaban J connectivity index is 1.84. The molecule has 0 saturated heterocycles. The van der Waals surface area contributed by atoms with Crippen LogP contribution in [0.25, 0.3) is 0 Å². The van der Waals surface area contributed by atoms with Gasteiger partial charge in [0.25, 0.3) is 10.0 Å². The predicted molar refractivity (Wildman–Crippen MR) is 181 cm³/mol. The first kappa shape index (κ1) is 34.9. The molecular weight excluding hydrogens is 648 g/mol. The second kappa shape index (κ2) is 14.7. The summed E-state index contributed by atoms with van der Waals surface area (Å²) >= 11 is 12.8. The Morgan fingerprint density at radius 1 is 0.870 bits per heavy atom. The lowest BCUT2D eigenvalue weighted by Crippen LogP contribution is -2.56. The number of benzene rings is 4. The molecule has 0 radical (unpaired) electrons. The highest BCUT2D eigenvalue weighted by molar-refractivity contribution is 7.92. The predicted octanol–water partition coefficient (Wildman–Crippen LogP) is 7.19. The van der Waals surface area contributed by atoms with E-state index < -0.39 is 45.8 Å². The lowest BCUT2D eigenvalue weighted by atomic mass is 10.0. The summed E-state index contributed by atoms with van der Waals surface area (Å²) in [7, 11) is -4.36. The number of hydrogen-bond acceptors (Lipinski definition) is 4. The molecule has 4 rings (SSSR count). The molecule has 4 aromatic rings. The van der Waals surface area contributed by atoms with Gasteiger partial charge in [-0.05, 0) is 81.3 Å². The number of amides is 2. The number of halogens is 3. The summed E-state index contributed by atoms with van der Waals surface area (Å²) in [5.74, 6) is -1.57. The third-order valence-corrected chi connectivity index (χ3v) is 9.43. The molecule has 0 unspecified atom stereocenters. The molecule has 0 fully saturated rings. The first-order chi connectivity index (χ1) is 21.6. The van der Waals surface area contributed by atoms with Gasteiger partial charge in [-0.25, -0.2) is 12.8 Å². The zero-order valence-corrected chi connectivity index (χ0v) is 28.3. The molecule has 0 aromatic heterocycles. The van der Waals surface area contributed by atoms with Gasteiger partial charge in [-0.1, -0.05) is 83.4 Å². The minimum absolute atomic E-state index is 0.00331. The van der Waals surface area contributed by atoms with Gasteiger partial charge in [-0.3, -0.25) is 13.9 Å². The second-order valence-corrected chi connectivity index (χ2v) is 14.7. The van der Waals surface area contributed by atoms with Crippen molar-refractivity contribution in [3.63, 3.8) is 0 Å². The number of sulfonamides is 1. The quantitative estimate of drug-likeness (QED) is 0.181. The molecule has 0 aliphatic heterocycles. The van der Waals surface area contributed by atoms with E-state index in [0.717, 1.165) is 15.4 Å². The zero-order chi connectivity index (χ0) is 33.6. The van der Waals surface area contributed by atoms with Crippen LogP contribution in [0.4, 0.5) is 10.1 Å². The summed E-state index contributed by atoms with van der Waals surface area (Å²) in [5.41, 5.74) is 1.55. The molecule has 2 amide bonds. The van der Waals surface area contributed by atoms with Crippen molar-refractivity contribution in [1.29, 1.82) is 0 Å². The van der Waals surface area contributed by atoms with Crippen LogP contribution < -0.4 is 9.62 Å².